The Hall–Kier alpha value is -3.22. The lowest BCUT2D eigenvalue weighted by Gasteiger charge is -2.08. The molecule has 0 N–H and O–H groups in total. The van der Waals surface area contributed by atoms with Crippen molar-refractivity contribution in [1.29, 1.82) is 0 Å². The molecular formula is C17H16N4O3. The lowest BCUT2D eigenvalue weighted by atomic mass is 10.2. The fraction of sp³-hybridized carbons (Fsp3) is 0.176. The highest BCUT2D eigenvalue weighted by atomic mass is 16.6. The number of carbonyl (C=O) groups is 1. The van der Waals surface area contributed by atoms with Crippen molar-refractivity contribution in [3.8, 4) is 11.4 Å². The SMILES string of the molecule is Cc1cccc(OCCOC(=O)c2ccc(-n3cnnn3)cc2)c1. The number of tetrazole rings is 1. The Balaban J connectivity index is 1.48. The van der Waals surface area contributed by atoms with Crippen LogP contribution in [0.25, 0.3) is 5.69 Å². The molecule has 122 valence electrons. The summed E-state index contributed by atoms with van der Waals surface area (Å²) in [5.41, 5.74) is 2.34. The monoisotopic (exact) mass is 324 g/mol. The first-order valence-corrected chi connectivity index (χ1v) is 7.42. The van der Waals surface area contributed by atoms with Gasteiger partial charge in [-0.15, -0.1) is 5.10 Å². The van der Waals surface area contributed by atoms with Crippen molar-refractivity contribution in [3.05, 3.63) is 66.0 Å². The van der Waals surface area contributed by atoms with Crippen LogP contribution in [0, 0.1) is 6.92 Å². The van der Waals surface area contributed by atoms with Crippen LogP contribution in [-0.4, -0.2) is 39.4 Å². The van der Waals surface area contributed by atoms with Crippen LogP contribution in [0.1, 0.15) is 15.9 Å². The highest BCUT2D eigenvalue weighted by Gasteiger charge is 2.08. The van der Waals surface area contributed by atoms with E-state index >= 15 is 0 Å². The highest BCUT2D eigenvalue weighted by Crippen LogP contribution is 2.12. The zero-order valence-electron chi connectivity index (χ0n) is 13.1. The molecule has 0 fully saturated rings. The predicted octanol–water partition coefficient (Wildman–Crippen LogP) is 2.21. The number of esters is 1. The Morgan fingerprint density at radius 1 is 1.12 bits per heavy atom. The summed E-state index contributed by atoms with van der Waals surface area (Å²) in [5.74, 6) is 0.364. The second kappa shape index (κ2) is 7.36. The first-order chi connectivity index (χ1) is 11.7. The lowest BCUT2D eigenvalue weighted by Crippen LogP contribution is -2.12. The molecule has 7 heteroatoms. The standard InChI is InChI=1S/C17H16N4O3/c1-13-3-2-4-16(11-13)23-9-10-24-17(22)14-5-7-15(8-6-14)21-12-18-19-20-21/h2-8,11-12H,9-10H2,1H3. The Bertz CT molecular complexity index is 801. The normalized spacial score (nSPS) is 10.4. The van der Waals surface area contributed by atoms with E-state index in [1.165, 1.54) is 11.0 Å². The van der Waals surface area contributed by atoms with Gasteiger partial charge in [0.15, 0.2) is 0 Å². The van der Waals surface area contributed by atoms with E-state index in [0.29, 0.717) is 12.2 Å². The molecule has 0 saturated heterocycles. The van der Waals surface area contributed by atoms with E-state index in [-0.39, 0.29) is 6.61 Å². The van der Waals surface area contributed by atoms with Crippen LogP contribution in [0.5, 0.6) is 5.75 Å². The maximum absolute atomic E-state index is 12.0. The number of nitrogens with zero attached hydrogens (tertiary/aromatic N) is 4. The molecule has 0 aliphatic heterocycles. The summed E-state index contributed by atoms with van der Waals surface area (Å²) in [6.45, 7) is 2.48. The average molecular weight is 324 g/mol. The van der Waals surface area contributed by atoms with Gasteiger partial charge in [-0.05, 0) is 59.3 Å². The lowest BCUT2D eigenvalue weighted by molar-refractivity contribution is 0.0450. The summed E-state index contributed by atoms with van der Waals surface area (Å²) in [4.78, 5) is 12.0. The topological polar surface area (TPSA) is 79.1 Å². The van der Waals surface area contributed by atoms with Gasteiger partial charge < -0.3 is 9.47 Å². The molecule has 0 aliphatic carbocycles. The number of benzene rings is 2. The van der Waals surface area contributed by atoms with Crippen molar-refractivity contribution in [2.75, 3.05) is 13.2 Å². The molecule has 7 nitrogen and oxygen atoms in total. The maximum atomic E-state index is 12.0. The maximum Gasteiger partial charge on any atom is 0.338 e. The van der Waals surface area contributed by atoms with Gasteiger partial charge in [0, 0.05) is 0 Å². The Labute approximate surface area is 138 Å². The first kappa shape index (κ1) is 15.7. The van der Waals surface area contributed by atoms with E-state index in [1.807, 2.05) is 31.2 Å². The van der Waals surface area contributed by atoms with Gasteiger partial charge in [0.25, 0.3) is 0 Å². The largest absolute Gasteiger partial charge is 0.490 e. The third-order valence-corrected chi connectivity index (χ3v) is 3.29. The summed E-state index contributed by atoms with van der Waals surface area (Å²) in [6, 6.07) is 14.5. The minimum Gasteiger partial charge on any atom is -0.490 e. The summed E-state index contributed by atoms with van der Waals surface area (Å²) in [5, 5.41) is 10.9. The number of ether oxygens (including phenoxy) is 2. The van der Waals surface area contributed by atoms with E-state index in [2.05, 4.69) is 15.5 Å². The number of hydrogen-bond donors (Lipinski definition) is 0. The van der Waals surface area contributed by atoms with Crippen molar-refractivity contribution in [2.45, 2.75) is 6.92 Å². The number of rotatable bonds is 6. The third kappa shape index (κ3) is 3.95. The van der Waals surface area contributed by atoms with Gasteiger partial charge in [0.2, 0.25) is 0 Å². The van der Waals surface area contributed by atoms with Crippen molar-refractivity contribution >= 4 is 5.97 Å². The van der Waals surface area contributed by atoms with Crippen LogP contribution in [0.3, 0.4) is 0 Å². The molecule has 2 aromatic carbocycles. The average Bonchev–Trinajstić information content (AvgIpc) is 3.13. The second-order valence-corrected chi connectivity index (χ2v) is 5.10. The molecule has 0 saturated carbocycles. The molecule has 1 aromatic heterocycles. The third-order valence-electron chi connectivity index (χ3n) is 3.29. The van der Waals surface area contributed by atoms with Gasteiger partial charge in [-0.3, -0.25) is 0 Å². The van der Waals surface area contributed by atoms with Crippen LogP contribution in [0.2, 0.25) is 0 Å². The number of aromatic nitrogens is 4. The minimum atomic E-state index is -0.397. The predicted molar refractivity (Wildman–Crippen MR) is 86.1 cm³/mol. The Kier molecular flexibility index (Phi) is 4.81. The summed E-state index contributed by atoms with van der Waals surface area (Å²) in [6.07, 6.45) is 1.48. The molecule has 0 spiro atoms. The smallest absolute Gasteiger partial charge is 0.338 e. The first-order valence-electron chi connectivity index (χ1n) is 7.42. The quantitative estimate of drug-likeness (QED) is 0.511. The minimum absolute atomic E-state index is 0.182. The molecule has 0 aliphatic rings. The van der Waals surface area contributed by atoms with E-state index in [1.54, 1.807) is 24.3 Å². The zero-order chi connectivity index (χ0) is 16.8. The molecule has 3 aromatic rings. The number of carbonyl (C=O) groups excluding carboxylic acids is 1. The molecule has 0 radical (unpaired) electrons. The van der Waals surface area contributed by atoms with E-state index < -0.39 is 5.97 Å². The fourth-order valence-electron chi connectivity index (χ4n) is 2.11. The molecule has 0 unspecified atom stereocenters. The molecule has 0 amide bonds. The van der Waals surface area contributed by atoms with Gasteiger partial charge in [0.05, 0.1) is 11.3 Å². The molecule has 3 rings (SSSR count). The van der Waals surface area contributed by atoms with E-state index in [0.717, 1.165) is 17.0 Å². The summed E-state index contributed by atoms with van der Waals surface area (Å²) in [7, 11) is 0. The van der Waals surface area contributed by atoms with Gasteiger partial charge in [-0.2, -0.15) is 0 Å². The highest BCUT2D eigenvalue weighted by molar-refractivity contribution is 5.89. The van der Waals surface area contributed by atoms with Crippen molar-refractivity contribution < 1.29 is 14.3 Å². The van der Waals surface area contributed by atoms with Crippen molar-refractivity contribution in [1.82, 2.24) is 20.2 Å². The van der Waals surface area contributed by atoms with Crippen LogP contribution in [-0.2, 0) is 4.74 Å². The summed E-state index contributed by atoms with van der Waals surface area (Å²) >= 11 is 0. The van der Waals surface area contributed by atoms with Crippen LogP contribution in [0.15, 0.2) is 54.9 Å². The van der Waals surface area contributed by atoms with Crippen molar-refractivity contribution in [3.63, 3.8) is 0 Å². The molecule has 24 heavy (non-hydrogen) atoms. The van der Waals surface area contributed by atoms with Crippen molar-refractivity contribution in [2.24, 2.45) is 0 Å². The van der Waals surface area contributed by atoms with Gasteiger partial charge in [-0.25, -0.2) is 9.48 Å². The fourth-order valence-corrected chi connectivity index (χ4v) is 2.11. The Morgan fingerprint density at radius 3 is 2.67 bits per heavy atom. The second-order valence-electron chi connectivity index (χ2n) is 5.10. The van der Waals surface area contributed by atoms with Crippen LogP contribution in [0.4, 0.5) is 0 Å². The van der Waals surface area contributed by atoms with Gasteiger partial charge in [-0.1, -0.05) is 12.1 Å². The number of aryl methyl sites for hydroxylation is 1. The van der Waals surface area contributed by atoms with E-state index in [4.69, 9.17) is 9.47 Å². The van der Waals surface area contributed by atoms with Gasteiger partial charge in [0.1, 0.15) is 25.3 Å². The van der Waals surface area contributed by atoms with Gasteiger partial charge >= 0.3 is 5.97 Å². The van der Waals surface area contributed by atoms with E-state index in [9.17, 15) is 4.79 Å². The Morgan fingerprint density at radius 2 is 1.96 bits per heavy atom. The molecule has 0 bridgehead atoms. The number of hydrogen-bond acceptors (Lipinski definition) is 6. The van der Waals surface area contributed by atoms with Crippen LogP contribution >= 0.6 is 0 Å². The summed E-state index contributed by atoms with van der Waals surface area (Å²) < 4.78 is 12.2. The molecule has 0 atom stereocenters. The van der Waals surface area contributed by atoms with Crippen LogP contribution < -0.4 is 4.74 Å². The molecule has 1 heterocycles. The zero-order valence-corrected chi connectivity index (χ0v) is 13.1. The molecular weight excluding hydrogens is 308 g/mol.